The Morgan fingerprint density at radius 3 is 2.44 bits per heavy atom. The maximum Gasteiger partial charge on any atom is 0.416 e. The van der Waals surface area contributed by atoms with Crippen molar-refractivity contribution in [3.8, 4) is 11.3 Å². The summed E-state index contributed by atoms with van der Waals surface area (Å²) in [6, 6.07) is 15.8. The smallest absolute Gasteiger partial charge is 0.370 e. The molecule has 36 heavy (non-hydrogen) atoms. The first-order valence-corrected chi connectivity index (χ1v) is 11.3. The fraction of sp³-hybridized carbons (Fsp3) is 0.231. The molecule has 3 N–H and O–H groups in total. The molecule has 0 radical (unpaired) electrons. The van der Waals surface area contributed by atoms with Crippen molar-refractivity contribution in [2.75, 3.05) is 5.32 Å². The van der Waals surface area contributed by atoms with Crippen molar-refractivity contribution in [3.63, 3.8) is 0 Å². The molecular weight excluding hydrogens is 471 g/mol. The number of carbonyl (C=O) groups excluding carboxylic acids is 1. The maximum absolute atomic E-state index is 13.4. The molecule has 2 aromatic carbocycles. The zero-order valence-corrected chi connectivity index (χ0v) is 19.5. The van der Waals surface area contributed by atoms with E-state index in [1.54, 1.807) is 18.2 Å². The predicted octanol–water partition coefficient (Wildman–Crippen LogP) is 4.53. The molecule has 2 heterocycles. The number of alkyl halides is 3. The highest BCUT2D eigenvalue weighted by Crippen LogP contribution is 2.29. The summed E-state index contributed by atoms with van der Waals surface area (Å²) in [4.78, 5) is 33.8. The normalized spacial score (nSPS) is 11.6. The minimum Gasteiger partial charge on any atom is -0.370 e. The van der Waals surface area contributed by atoms with E-state index in [1.807, 2.05) is 31.2 Å². The van der Waals surface area contributed by atoms with Crippen molar-refractivity contribution in [1.82, 2.24) is 14.5 Å². The molecule has 0 unspecified atom stereocenters. The van der Waals surface area contributed by atoms with Crippen molar-refractivity contribution in [2.24, 2.45) is 5.73 Å². The van der Waals surface area contributed by atoms with Gasteiger partial charge in [0.25, 0.3) is 5.56 Å². The monoisotopic (exact) mass is 495 g/mol. The van der Waals surface area contributed by atoms with Crippen LogP contribution in [0.15, 0.2) is 65.5 Å². The first-order valence-electron chi connectivity index (χ1n) is 11.3. The number of amides is 1. The summed E-state index contributed by atoms with van der Waals surface area (Å²) in [6.07, 6.45) is -3.65. The molecule has 0 atom stereocenters. The summed E-state index contributed by atoms with van der Waals surface area (Å²) in [6.45, 7) is 2.13. The summed E-state index contributed by atoms with van der Waals surface area (Å²) < 4.78 is 40.4. The molecule has 0 fully saturated rings. The molecule has 0 bridgehead atoms. The third-order valence-electron chi connectivity index (χ3n) is 5.74. The standard InChI is InChI=1S/C26H24F3N5O2/c1-2-16-6-8-18(9-7-16)23-25(36)34(13-12-21(30)35)24-20(32-23)10-11-22(33-24)31-15-17-4-3-5-19(14-17)26(27,28)29/h3-11,14H,2,12-13,15H2,1H3,(H2,30,35)(H,31,33). The van der Waals surface area contributed by atoms with Gasteiger partial charge in [-0.15, -0.1) is 0 Å². The van der Waals surface area contributed by atoms with Crippen LogP contribution in [0, 0.1) is 0 Å². The quantitative estimate of drug-likeness (QED) is 0.374. The van der Waals surface area contributed by atoms with Crippen molar-refractivity contribution >= 4 is 22.9 Å². The van der Waals surface area contributed by atoms with E-state index in [9.17, 15) is 22.8 Å². The number of halogens is 3. The van der Waals surface area contributed by atoms with Crippen LogP contribution in [0.1, 0.15) is 30.0 Å². The third kappa shape index (κ3) is 5.54. The minimum atomic E-state index is -4.44. The van der Waals surface area contributed by atoms with E-state index >= 15 is 0 Å². The first-order chi connectivity index (χ1) is 17.2. The lowest BCUT2D eigenvalue weighted by Gasteiger charge is -2.13. The summed E-state index contributed by atoms with van der Waals surface area (Å²) >= 11 is 0. The second-order valence-electron chi connectivity index (χ2n) is 8.27. The predicted molar refractivity (Wildman–Crippen MR) is 131 cm³/mol. The largest absolute Gasteiger partial charge is 0.416 e. The van der Waals surface area contributed by atoms with Crippen LogP contribution in [0.2, 0.25) is 0 Å². The molecule has 0 aliphatic carbocycles. The van der Waals surface area contributed by atoms with Crippen LogP contribution in [0.5, 0.6) is 0 Å². The minimum absolute atomic E-state index is 0.0112. The average Bonchev–Trinajstić information content (AvgIpc) is 2.86. The number of aryl methyl sites for hydroxylation is 2. The highest BCUT2D eigenvalue weighted by molar-refractivity contribution is 5.77. The number of anilines is 1. The molecule has 7 nitrogen and oxygen atoms in total. The van der Waals surface area contributed by atoms with Gasteiger partial charge in [0.15, 0.2) is 5.65 Å². The van der Waals surface area contributed by atoms with Crippen LogP contribution in [0.4, 0.5) is 19.0 Å². The number of fused-ring (bicyclic) bond motifs is 1. The van der Waals surface area contributed by atoms with E-state index in [2.05, 4.69) is 15.3 Å². The molecular formula is C26H24F3N5O2. The molecule has 0 saturated carbocycles. The Labute approximate surface area is 204 Å². The van der Waals surface area contributed by atoms with E-state index in [0.717, 1.165) is 24.1 Å². The average molecular weight is 496 g/mol. The van der Waals surface area contributed by atoms with Crippen LogP contribution in [-0.4, -0.2) is 20.4 Å². The lowest BCUT2D eigenvalue weighted by Crippen LogP contribution is -2.27. The molecule has 4 rings (SSSR count). The first kappa shape index (κ1) is 24.9. The summed E-state index contributed by atoms with van der Waals surface area (Å²) in [5.74, 6) is -0.228. The number of pyridine rings is 1. The number of nitrogens with zero attached hydrogens (tertiary/aromatic N) is 3. The van der Waals surface area contributed by atoms with E-state index in [1.165, 1.54) is 10.6 Å². The van der Waals surface area contributed by atoms with Crippen LogP contribution >= 0.6 is 0 Å². The van der Waals surface area contributed by atoms with Gasteiger partial charge >= 0.3 is 6.18 Å². The molecule has 0 aliphatic heterocycles. The Balaban J connectivity index is 1.70. The van der Waals surface area contributed by atoms with Crippen LogP contribution in [-0.2, 0) is 30.5 Å². The second kappa shape index (κ2) is 10.2. The van der Waals surface area contributed by atoms with Gasteiger partial charge in [0.2, 0.25) is 5.91 Å². The van der Waals surface area contributed by atoms with Crippen LogP contribution in [0.25, 0.3) is 22.4 Å². The Kier molecular flexibility index (Phi) is 7.05. The molecule has 186 valence electrons. The zero-order chi connectivity index (χ0) is 25.9. The van der Waals surface area contributed by atoms with Crippen molar-refractivity contribution in [1.29, 1.82) is 0 Å². The fourth-order valence-corrected chi connectivity index (χ4v) is 3.78. The summed E-state index contributed by atoms with van der Waals surface area (Å²) in [5.41, 5.74) is 7.22. The Morgan fingerprint density at radius 2 is 1.78 bits per heavy atom. The molecule has 2 aromatic heterocycles. The van der Waals surface area contributed by atoms with E-state index in [4.69, 9.17) is 5.73 Å². The molecule has 10 heteroatoms. The van der Waals surface area contributed by atoms with Gasteiger partial charge in [-0.05, 0) is 41.8 Å². The van der Waals surface area contributed by atoms with Crippen molar-refractivity contribution in [3.05, 3.63) is 87.7 Å². The topological polar surface area (TPSA) is 103 Å². The molecule has 4 aromatic rings. The molecule has 1 amide bonds. The van der Waals surface area contributed by atoms with Gasteiger partial charge in [-0.25, -0.2) is 9.97 Å². The molecule has 0 aliphatic rings. The third-order valence-corrected chi connectivity index (χ3v) is 5.74. The van der Waals surface area contributed by atoms with E-state index < -0.39 is 23.2 Å². The number of hydrogen-bond acceptors (Lipinski definition) is 5. The zero-order valence-electron chi connectivity index (χ0n) is 19.5. The highest BCUT2D eigenvalue weighted by Gasteiger charge is 2.30. The Bertz CT molecular complexity index is 1460. The number of hydrogen-bond donors (Lipinski definition) is 2. The summed E-state index contributed by atoms with van der Waals surface area (Å²) in [7, 11) is 0. The van der Waals surface area contributed by atoms with E-state index in [0.29, 0.717) is 22.5 Å². The molecule has 0 saturated heterocycles. The van der Waals surface area contributed by atoms with Crippen molar-refractivity contribution < 1.29 is 18.0 Å². The number of rotatable bonds is 8. The Hall–Kier alpha value is -4.21. The Morgan fingerprint density at radius 1 is 1.03 bits per heavy atom. The van der Waals surface area contributed by atoms with Gasteiger partial charge in [0.1, 0.15) is 17.0 Å². The molecule has 0 spiro atoms. The van der Waals surface area contributed by atoms with Gasteiger partial charge in [0, 0.05) is 25.1 Å². The fourth-order valence-electron chi connectivity index (χ4n) is 3.78. The van der Waals surface area contributed by atoms with Gasteiger partial charge in [-0.2, -0.15) is 13.2 Å². The number of aromatic nitrogens is 3. The van der Waals surface area contributed by atoms with Gasteiger partial charge < -0.3 is 11.1 Å². The summed E-state index contributed by atoms with van der Waals surface area (Å²) in [5, 5.41) is 2.99. The van der Waals surface area contributed by atoms with Gasteiger partial charge in [-0.1, -0.05) is 43.3 Å². The highest BCUT2D eigenvalue weighted by atomic mass is 19.4. The SMILES string of the molecule is CCc1ccc(-c2nc3ccc(NCc4cccc(C(F)(F)F)c4)nc3n(CCC(N)=O)c2=O)cc1. The van der Waals surface area contributed by atoms with Crippen LogP contribution in [0.3, 0.4) is 0 Å². The number of nitrogens with one attached hydrogen (secondary N) is 1. The van der Waals surface area contributed by atoms with Gasteiger partial charge in [-0.3, -0.25) is 14.2 Å². The van der Waals surface area contributed by atoms with E-state index in [-0.39, 0.29) is 30.9 Å². The lowest BCUT2D eigenvalue weighted by atomic mass is 10.1. The lowest BCUT2D eigenvalue weighted by molar-refractivity contribution is -0.137. The number of nitrogens with two attached hydrogens (primary N) is 1. The number of benzene rings is 2. The second-order valence-corrected chi connectivity index (χ2v) is 8.27. The van der Waals surface area contributed by atoms with Crippen LogP contribution < -0.4 is 16.6 Å². The van der Waals surface area contributed by atoms with Gasteiger partial charge in [0.05, 0.1) is 5.56 Å². The maximum atomic E-state index is 13.4. The number of carbonyl (C=O) groups is 1. The van der Waals surface area contributed by atoms with Crippen molar-refractivity contribution in [2.45, 2.75) is 39.0 Å². The number of primary amides is 1.